The maximum Gasteiger partial charge on any atom is 0.255 e. The first kappa shape index (κ1) is 24.8. The number of hydrogen-bond donors (Lipinski definition) is 2. The van der Waals surface area contributed by atoms with E-state index in [9.17, 15) is 9.59 Å². The molecule has 3 rings (SSSR count). The predicted octanol–water partition coefficient (Wildman–Crippen LogP) is 6.17. The van der Waals surface area contributed by atoms with Gasteiger partial charge in [0.15, 0.2) is 0 Å². The molecule has 0 fully saturated rings. The number of ether oxygens (including phenoxy) is 2. The summed E-state index contributed by atoms with van der Waals surface area (Å²) in [4.78, 5) is 24.3. The van der Waals surface area contributed by atoms with Crippen molar-refractivity contribution in [2.24, 2.45) is 0 Å². The number of para-hydroxylation sites is 1. The van der Waals surface area contributed by atoms with Crippen LogP contribution in [0.25, 0.3) is 0 Å². The zero-order chi connectivity index (χ0) is 24.7. The number of anilines is 2. The highest BCUT2D eigenvalue weighted by molar-refractivity contribution is 6.05. The summed E-state index contributed by atoms with van der Waals surface area (Å²) in [7, 11) is 0. The van der Waals surface area contributed by atoms with Gasteiger partial charge in [0.05, 0.1) is 6.61 Å². The third kappa shape index (κ3) is 6.61. The average Bonchev–Trinajstić information content (AvgIpc) is 2.78. The first-order chi connectivity index (χ1) is 16.2. The van der Waals surface area contributed by atoms with E-state index in [1.165, 1.54) is 6.92 Å². The van der Waals surface area contributed by atoms with Crippen molar-refractivity contribution in [3.63, 3.8) is 0 Å². The fourth-order valence-electron chi connectivity index (χ4n) is 3.58. The smallest absolute Gasteiger partial charge is 0.255 e. The molecule has 3 aromatic rings. The molecular formula is C28H32N2O4. The third-order valence-electron chi connectivity index (χ3n) is 5.14. The first-order valence-electron chi connectivity index (χ1n) is 11.3. The zero-order valence-corrected chi connectivity index (χ0v) is 20.4. The summed E-state index contributed by atoms with van der Waals surface area (Å²) < 4.78 is 12.0. The fraction of sp³-hybridized carbons (Fsp3) is 0.286. The van der Waals surface area contributed by atoms with E-state index < -0.39 is 0 Å². The molecule has 0 aliphatic carbocycles. The van der Waals surface area contributed by atoms with Crippen LogP contribution < -0.4 is 20.1 Å². The van der Waals surface area contributed by atoms with E-state index >= 15 is 0 Å². The van der Waals surface area contributed by atoms with Gasteiger partial charge in [-0.25, -0.2) is 0 Å². The monoisotopic (exact) mass is 460 g/mol. The lowest BCUT2D eigenvalue weighted by molar-refractivity contribution is -0.114. The van der Waals surface area contributed by atoms with E-state index in [1.807, 2.05) is 25.1 Å². The Kier molecular flexibility index (Phi) is 7.95. The van der Waals surface area contributed by atoms with Gasteiger partial charge in [-0.1, -0.05) is 45.0 Å². The minimum Gasteiger partial charge on any atom is -0.493 e. The molecule has 0 aliphatic heterocycles. The molecule has 0 radical (unpaired) electrons. The van der Waals surface area contributed by atoms with Crippen molar-refractivity contribution < 1.29 is 19.1 Å². The lowest BCUT2D eigenvalue weighted by Gasteiger charge is -2.23. The van der Waals surface area contributed by atoms with Crippen LogP contribution in [-0.4, -0.2) is 18.4 Å². The van der Waals surface area contributed by atoms with Gasteiger partial charge in [-0.15, -0.1) is 0 Å². The van der Waals surface area contributed by atoms with E-state index in [0.717, 1.165) is 16.9 Å². The minimum absolute atomic E-state index is 0.0626. The second-order valence-corrected chi connectivity index (χ2v) is 9.01. The summed E-state index contributed by atoms with van der Waals surface area (Å²) in [5, 5.41) is 5.59. The summed E-state index contributed by atoms with van der Waals surface area (Å²) in [6.07, 6.45) is 0. The predicted molar refractivity (Wildman–Crippen MR) is 136 cm³/mol. The van der Waals surface area contributed by atoms with Crippen LogP contribution in [0.3, 0.4) is 0 Å². The van der Waals surface area contributed by atoms with Crippen LogP contribution in [0.5, 0.6) is 11.5 Å². The van der Waals surface area contributed by atoms with Crippen molar-refractivity contribution in [2.45, 2.75) is 46.6 Å². The van der Waals surface area contributed by atoms with E-state index in [0.29, 0.717) is 29.3 Å². The zero-order valence-electron chi connectivity index (χ0n) is 20.4. The Bertz CT molecular complexity index is 1170. The molecular weight excluding hydrogens is 428 g/mol. The number of carbonyl (C=O) groups is 2. The van der Waals surface area contributed by atoms with E-state index in [1.54, 1.807) is 42.5 Å². The first-order valence-corrected chi connectivity index (χ1v) is 11.3. The molecule has 6 heteroatoms. The number of hydrogen-bond acceptors (Lipinski definition) is 4. The summed E-state index contributed by atoms with van der Waals surface area (Å²) >= 11 is 0. The molecule has 3 aromatic carbocycles. The molecule has 0 aliphatic rings. The largest absolute Gasteiger partial charge is 0.493 e. The van der Waals surface area contributed by atoms with Crippen LogP contribution in [0.2, 0.25) is 0 Å². The number of benzene rings is 3. The second kappa shape index (κ2) is 10.9. The molecule has 0 saturated carbocycles. The molecule has 0 bridgehead atoms. The summed E-state index contributed by atoms with van der Waals surface area (Å²) in [6.45, 7) is 10.6. The van der Waals surface area contributed by atoms with Gasteiger partial charge in [0.25, 0.3) is 5.91 Å². The van der Waals surface area contributed by atoms with Crippen LogP contribution in [0, 0.1) is 0 Å². The van der Waals surface area contributed by atoms with Gasteiger partial charge in [-0.3, -0.25) is 9.59 Å². The Hall–Kier alpha value is -3.80. The molecule has 0 atom stereocenters. The highest BCUT2D eigenvalue weighted by Crippen LogP contribution is 2.32. The van der Waals surface area contributed by atoms with Crippen LogP contribution in [-0.2, 0) is 16.8 Å². The highest BCUT2D eigenvalue weighted by Gasteiger charge is 2.19. The second-order valence-electron chi connectivity index (χ2n) is 9.01. The Morgan fingerprint density at radius 1 is 0.824 bits per heavy atom. The summed E-state index contributed by atoms with van der Waals surface area (Å²) in [5.74, 6) is 1.05. The number of rotatable bonds is 8. The molecule has 178 valence electrons. The fourth-order valence-corrected chi connectivity index (χ4v) is 3.58. The minimum atomic E-state index is -0.264. The normalized spacial score (nSPS) is 11.0. The van der Waals surface area contributed by atoms with E-state index in [4.69, 9.17) is 9.47 Å². The van der Waals surface area contributed by atoms with Gasteiger partial charge in [-0.2, -0.15) is 0 Å². The molecule has 0 spiro atoms. The maximum atomic E-state index is 12.9. The van der Waals surface area contributed by atoms with Gasteiger partial charge in [0, 0.05) is 29.4 Å². The van der Waals surface area contributed by atoms with Crippen LogP contribution >= 0.6 is 0 Å². The van der Waals surface area contributed by atoms with Crippen molar-refractivity contribution in [3.05, 3.63) is 83.4 Å². The molecule has 0 aromatic heterocycles. The molecule has 0 unspecified atom stereocenters. The topological polar surface area (TPSA) is 76.7 Å². The van der Waals surface area contributed by atoms with Gasteiger partial charge >= 0.3 is 0 Å². The van der Waals surface area contributed by atoms with Crippen molar-refractivity contribution in [2.75, 3.05) is 17.2 Å². The Morgan fingerprint density at radius 3 is 2.21 bits per heavy atom. The molecule has 34 heavy (non-hydrogen) atoms. The lowest BCUT2D eigenvalue weighted by atomic mass is 9.86. The van der Waals surface area contributed by atoms with Crippen LogP contribution in [0.15, 0.2) is 66.7 Å². The SMILES string of the molecule is CCOc1ccc(C(=O)Nc2cccc(NC(C)=O)c2)cc1COc1ccccc1C(C)(C)C. The van der Waals surface area contributed by atoms with Gasteiger partial charge in [0.2, 0.25) is 5.91 Å². The maximum absolute atomic E-state index is 12.9. The molecule has 2 N–H and O–H groups in total. The van der Waals surface area contributed by atoms with E-state index in [-0.39, 0.29) is 23.8 Å². The average molecular weight is 461 g/mol. The summed E-state index contributed by atoms with van der Waals surface area (Å²) in [5.41, 5.74) is 3.51. The van der Waals surface area contributed by atoms with Crippen LogP contribution in [0.1, 0.15) is 56.1 Å². The molecule has 6 nitrogen and oxygen atoms in total. The molecule has 0 heterocycles. The molecule has 2 amide bonds. The van der Waals surface area contributed by atoms with Gasteiger partial charge in [0.1, 0.15) is 18.1 Å². The van der Waals surface area contributed by atoms with Gasteiger partial charge < -0.3 is 20.1 Å². The highest BCUT2D eigenvalue weighted by atomic mass is 16.5. The number of carbonyl (C=O) groups excluding carboxylic acids is 2. The number of amides is 2. The Labute approximate surface area is 201 Å². The summed E-state index contributed by atoms with van der Waals surface area (Å²) in [6, 6.07) is 20.3. The Morgan fingerprint density at radius 2 is 1.53 bits per heavy atom. The quantitative estimate of drug-likeness (QED) is 0.421. The lowest BCUT2D eigenvalue weighted by Crippen LogP contribution is -2.15. The standard InChI is InChI=1S/C28H32N2O4/c1-6-33-25-15-14-20(27(32)30-23-11-9-10-22(17-23)29-19(2)31)16-21(25)18-34-26-13-8-7-12-24(26)28(3,4)5/h7-17H,6,18H2,1-5H3,(H,29,31)(H,30,32). The van der Waals surface area contributed by atoms with Crippen LogP contribution in [0.4, 0.5) is 11.4 Å². The number of nitrogens with one attached hydrogen (secondary N) is 2. The van der Waals surface area contributed by atoms with E-state index in [2.05, 4.69) is 37.5 Å². The van der Waals surface area contributed by atoms with Gasteiger partial charge in [-0.05, 0) is 60.4 Å². The van der Waals surface area contributed by atoms with Crippen molar-refractivity contribution >= 4 is 23.2 Å². The third-order valence-corrected chi connectivity index (χ3v) is 5.14. The van der Waals surface area contributed by atoms with Crippen molar-refractivity contribution in [3.8, 4) is 11.5 Å². The Balaban J connectivity index is 1.81. The molecule has 0 saturated heterocycles. The van der Waals surface area contributed by atoms with Crippen molar-refractivity contribution in [1.82, 2.24) is 0 Å². The van der Waals surface area contributed by atoms with Crippen molar-refractivity contribution in [1.29, 1.82) is 0 Å².